The molecule has 0 radical (unpaired) electrons. The third kappa shape index (κ3) is 4.22. The van der Waals surface area contributed by atoms with Crippen LogP contribution in [0.5, 0.6) is 5.75 Å². The molecule has 6 nitrogen and oxygen atoms in total. The van der Waals surface area contributed by atoms with Crippen molar-refractivity contribution in [1.29, 1.82) is 0 Å². The van der Waals surface area contributed by atoms with Crippen LogP contribution in [0.3, 0.4) is 0 Å². The smallest absolute Gasteiger partial charge is 0.405 e. The molecule has 0 saturated heterocycles. The van der Waals surface area contributed by atoms with Crippen molar-refractivity contribution in [3.63, 3.8) is 0 Å². The fourth-order valence-corrected chi connectivity index (χ4v) is 2.46. The molecule has 0 aliphatic carbocycles. The summed E-state index contributed by atoms with van der Waals surface area (Å²) in [5.41, 5.74) is 6.70. The SMILES string of the molecule is CC(C)(OC(N)=O)c1cc(-c2ccc(OCc3ccccc3)cc2)no1. The van der Waals surface area contributed by atoms with E-state index in [0.29, 0.717) is 18.1 Å². The van der Waals surface area contributed by atoms with E-state index in [2.05, 4.69) is 5.16 Å². The van der Waals surface area contributed by atoms with Gasteiger partial charge in [0.1, 0.15) is 18.1 Å². The summed E-state index contributed by atoms with van der Waals surface area (Å²) in [5, 5.41) is 4.04. The van der Waals surface area contributed by atoms with E-state index in [1.165, 1.54) is 0 Å². The van der Waals surface area contributed by atoms with Crippen LogP contribution in [0.4, 0.5) is 4.79 Å². The number of rotatable bonds is 6. The molecule has 0 aliphatic heterocycles. The first kappa shape index (κ1) is 17.5. The van der Waals surface area contributed by atoms with Crippen molar-refractivity contribution in [2.24, 2.45) is 5.73 Å². The van der Waals surface area contributed by atoms with Gasteiger partial charge in [0.2, 0.25) is 0 Å². The van der Waals surface area contributed by atoms with Gasteiger partial charge in [-0.2, -0.15) is 0 Å². The highest BCUT2D eigenvalue weighted by atomic mass is 16.6. The Morgan fingerprint density at radius 1 is 1.12 bits per heavy atom. The number of primary amides is 1. The molecule has 0 saturated carbocycles. The predicted molar refractivity (Wildman–Crippen MR) is 96.4 cm³/mol. The average molecular weight is 352 g/mol. The van der Waals surface area contributed by atoms with Gasteiger partial charge >= 0.3 is 6.09 Å². The molecule has 0 bridgehead atoms. The molecule has 1 amide bonds. The van der Waals surface area contributed by atoms with Gasteiger partial charge in [-0.05, 0) is 43.7 Å². The van der Waals surface area contributed by atoms with Crippen molar-refractivity contribution in [2.45, 2.75) is 26.1 Å². The Morgan fingerprint density at radius 2 is 1.81 bits per heavy atom. The lowest BCUT2D eigenvalue weighted by molar-refractivity contribution is 0.0220. The second-order valence-corrected chi connectivity index (χ2v) is 6.31. The Bertz CT molecular complexity index is 870. The minimum atomic E-state index is -0.990. The van der Waals surface area contributed by atoms with Crippen LogP contribution in [0.25, 0.3) is 11.3 Å². The summed E-state index contributed by atoms with van der Waals surface area (Å²) < 4.78 is 16.1. The largest absolute Gasteiger partial charge is 0.489 e. The average Bonchev–Trinajstić information content (AvgIpc) is 3.11. The van der Waals surface area contributed by atoms with Crippen LogP contribution in [-0.2, 0) is 16.9 Å². The summed E-state index contributed by atoms with van der Waals surface area (Å²) in [6, 6.07) is 19.2. The van der Waals surface area contributed by atoms with Crippen molar-refractivity contribution in [1.82, 2.24) is 5.16 Å². The maximum Gasteiger partial charge on any atom is 0.405 e. The zero-order chi connectivity index (χ0) is 18.6. The van der Waals surface area contributed by atoms with Crippen LogP contribution in [-0.4, -0.2) is 11.2 Å². The number of nitrogens with zero attached hydrogens (tertiary/aromatic N) is 1. The van der Waals surface area contributed by atoms with Crippen LogP contribution in [0.15, 0.2) is 65.2 Å². The standard InChI is InChI=1S/C20H20N2O4/c1-20(2,25-19(21)23)18-12-17(22-26-18)15-8-10-16(11-9-15)24-13-14-6-4-3-5-7-14/h3-12H,13H2,1-2H3,(H2,21,23). The second-order valence-electron chi connectivity index (χ2n) is 6.31. The lowest BCUT2D eigenvalue weighted by Crippen LogP contribution is -2.28. The van der Waals surface area contributed by atoms with E-state index in [9.17, 15) is 4.79 Å². The number of aromatic nitrogens is 1. The third-order valence-electron chi connectivity index (χ3n) is 3.86. The normalized spacial score (nSPS) is 11.2. The van der Waals surface area contributed by atoms with Crippen molar-refractivity contribution in [2.75, 3.05) is 0 Å². The summed E-state index contributed by atoms with van der Waals surface area (Å²) in [7, 11) is 0. The summed E-state index contributed by atoms with van der Waals surface area (Å²) in [4.78, 5) is 11.0. The van der Waals surface area contributed by atoms with Crippen molar-refractivity contribution < 1.29 is 18.8 Å². The molecule has 0 fully saturated rings. The summed E-state index contributed by atoms with van der Waals surface area (Å²) in [6.07, 6.45) is -0.868. The van der Waals surface area contributed by atoms with Gasteiger partial charge in [0.15, 0.2) is 11.4 Å². The summed E-state index contributed by atoms with van der Waals surface area (Å²) in [5.74, 6) is 1.18. The number of benzene rings is 2. The molecule has 2 aromatic carbocycles. The summed E-state index contributed by atoms with van der Waals surface area (Å²) >= 11 is 0. The lowest BCUT2D eigenvalue weighted by Gasteiger charge is -2.19. The highest BCUT2D eigenvalue weighted by Gasteiger charge is 2.29. The zero-order valence-corrected chi connectivity index (χ0v) is 14.6. The Kier molecular flexibility index (Phi) is 4.93. The molecule has 134 valence electrons. The van der Waals surface area contributed by atoms with Crippen molar-refractivity contribution in [3.05, 3.63) is 72.0 Å². The minimum Gasteiger partial charge on any atom is -0.489 e. The second kappa shape index (κ2) is 7.31. The molecule has 3 rings (SSSR count). The van der Waals surface area contributed by atoms with Gasteiger partial charge in [-0.1, -0.05) is 35.5 Å². The Hall–Kier alpha value is -3.28. The highest BCUT2D eigenvalue weighted by molar-refractivity contribution is 5.65. The van der Waals surface area contributed by atoms with Crippen molar-refractivity contribution >= 4 is 6.09 Å². The molecule has 2 N–H and O–H groups in total. The molecule has 0 aliphatic rings. The fourth-order valence-electron chi connectivity index (χ4n) is 2.46. The van der Waals surface area contributed by atoms with Crippen molar-refractivity contribution in [3.8, 4) is 17.0 Å². The Morgan fingerprint density at radius 3 is 2.46 bits per heavy atom. The van der Waals surface area contributed by atoms with E-state index in [1.807, 2.05) is 54.6 Å². The Balaban J connectivity index is 1.68. The molecule has 6 heteroatoms. The molecule has 1 aromatic heterocycles. The fraction of sp³-hybridized carbons (Fsp3) is 0.200. The molecule has 0 spiro atoms. The van der Waals surface area contributed by atoms with Crippen LogP contribution in [0.2, 0.25) is 0 Å². The zero-order valence-electron chi connectivity index (χ0n) is 14.6. The molecule has 3 aromatic rings. The lowest BCUT2D eigenvalue weighted by atomic mass is 10.0. The molecule has 0 unspecified atom stereocenters. The predicted octanol–water partition coefficient (Wildman–Crippen LogP) is 4.25. The minimum absolute atomic E-state index is 0.413. The molecular weight excluding hydrogens is 332 g/mol. The van der Waals surface area contributed by atoms with Gasteiger partial charge in [-0.25, -0.2) is 4.79 Å². The first-order chi connectivity index (χ1) is 12.4. The van der Waals surface area contributed by atoms with E-state index >= 15 is 0 Å². The summed E-state index contributed by atoms with van der Waals surface area (Å²) in [6.45, 7) is 3.87. The van der Waals surface area contributed by atoms with E-state index < -0.39 is 11.7 Å². The maximum absolute atomic E-state index is 11.0. The maximum atomic E-state index is 11.0. The molecule has 1 heterocycles. The van der Waals surface area contributed by atoms with Gasteiger partial charge < -0.3 is 19.7 Å². The number of nitrogens with two attached hydrogens (primary N) is 1. The number of amides is 1. The number of ether oxygens (including phenoxy) is 2. The van der Waals surface area contributed by atoms with Crippen LogP contribution in [0.1, 0.15) is 25.2 Å². The van der Waals surface area contributed by atoms with Gasteiger partial charge in [0.25, 0.3) is 0 Å². The van der Waals surface area contributed by atoms with E-state index in [4.69, 9.17) is 19.7 Å². The number of hydrogen-bond acceptors (Lipinski definition) is 5. The molecular formula is C20H20N2O4. The first-order valence-electron chi connectivity index (χ1n) is 8.17. The monoisotopic (exact) mass is 352 g/mol. The van der Waals surface area contributed by atoms with Gasteiger partial charge in [-0.15, -0.1) is 0 Å². The van der Waals surface area contributed by atoms with Gasteiger partial charge in [-0.3, -0.25) is 0 Å². The third-order valence-corrected chi connectivity index (χ3v) is 3.86. The van der Waals surface area contributed by atoms with E-state index in [-0.39, 0.29) is 0 Å². The highest BCUT2D eigenvalue weighted by Crippen LogP contribution is 2.29. The molecule has 26 heavy (non-hydrogen) atoms. The van der Waals surface area contributed by atoms with Gasteiger partial charge in [0.05, 0.1) is 0 Å². The molecule has 0 atom stereocenters. The first-order valence-corrected chi connectivity index (χ1v) is 8.17. The van der Waals surface area contributed by atoms with Crippen LogP contribution in [0, 0.1) is 0 Å². The number of hydrogen-bond donors (Lipinski definition) is 1. The van der Waals surface area contributed by atoms with Crippen LogP contribution >= 0.6 is 0 Å². The number of carbonyl (C=O) groups is 1. The van der Waals surface area contributed by atoms with E-state index in [1.54, 1.807) is 19.9 Å². The Labute approximate surface area is 151 Å². The topological polar surface area (TPSA) is 87.6 Å². The van der Waals surface area contributed by atoms with E-state index in [0.717, 1.165) is 16.9 Å². The van der Waals surface area contributed by atoms with Gasteiger partial charge in [0, 0.05) is 11.6 Å². The number of carbonyl (C=O) groups excluding carboxylic acids is 1. The van der Waals surface area contributed by atoms with Crippen LogP contribution < -0.4 is 10.5 Å². The quantitative estimate of drug-likeness (QED) is 0.716.